The number of hydrogen-bond donors (Lipinski definition) is 3. The number of esters is 1. The lowest BCUT2D eigenvalue weighted by Gasteiger charge is -2.21. The van der Waals surface area contributed by atoms with Crippen molar-refractivity contribution >= 4 is 47.0 Å². The highest BCUT2D eigenvalue weighted by Crippen LogP contribution is 2.35. The van der Waals surface area contributed by atoms with Gasteiger partial charge < -0.3 is 25.3 Å². The number of carboxylic acid groups (broad SMARTS) is 1. The molecule has 0 spiro atoms. The quantitative estimate of drug-likeness (QED) is 0.197. The monoisotopic (exact) mass is 696 g/mol. The van der Waals surface area contributed by atoms with E-state index in [0.29, 0.717) is 30.5 Å². The zero-order chi connectivity index (χ0) is 35.1. The summed E-state index contributed by atoms with van der Waals surface area (Å²) in [5.41, 5.74) is 9.52. The Hall–Kier alpha value is -5.08. The fourth-order valence-corrected chi connectivity index (χ4v) is 5.72. The Bertz CT molecular complexity index is 2130. The van der Waals surface area contributed by atoms with Gasteiger partial charge in [-0.3, -0.25) is 9.36 Å². The number of carbonyl (C=O) groups is 3. The van der Waals surface area contributed by atoms with Gasteiger partial charge >= 0.3 is 17.7 Å². The fraction of sp³-hybridized carbons (Fsp3) is 0.353. The molecule has 0 fully saturated rings. The molecule has 0 aliphatic heterocycles. The van der Waals surface area contributed by atoms with Gasteiger partial charge in [0.15, 0.2) is 22.7 Å². The van der Waals surface area contributed by atoms with Gasteiger partial charge in [-0.05, 0) is 94.8 Å². The van der Waals surface area contributed by atoms with Gasteiger partial charge in [-0.15, -0.1) is 12.4 Å². The molecular weight excluding hydrogens is 659 g/mol. The van der Waals surface area contributed by atoms with Gasteiger partial charge in [-0.2, -0.15) is 5.10 Å². The minimum atomic E-state index is -1.39. The summed E-state index contributed by atoms with van der Waals surface area (Å²) in [6, 6.07) is 9.82. The number of fused-ring (bicyclic) bond motifs is 3. The van der Waals surface area contributed by atoms with Gasteiger partial charge in [0.05, 0.1) is 23.3 Å². The molecule has 0 saturated carbocycles. The van der Waals surface area contributed by atoms with E-state index in [1.54, 1.807) is 43.5 Å². The molecule has 15 heteroatoms. The number of nitrogens with zero attached hydrogens (tertiary/aromatic N) is 4. The van der Waals surface area contributed by atoms with Crippen molar-refractivity contribution in [2.24, 2.45) is 5.73 Å². The molecule has 0 unspecified atom stereocenters. The molecule has 1 atom stereocenters. The Morgan fingerprint density at radius 1 is 1.18 bits per heavy atom. The molecule has 2 aromatic carbocycles. The van der Waals surface area contributed by atoms with E-state index in [1.165, 1.54) is 0 Å². The van der Waals surface area contributed by atoms with Crippen LogP contribution in [-0.4, -0.2) is 47.7 Å². The molecule has 0 saturated heterocycles. The highest BCUT2D eigenvalue weighted by atomic mass is 35.5. The zero-order valence-corrected chi connectivity index (χ0v) is 28.7. The summed E-state index contributed by atoms with van der Waals surface area (Å²) in [5.74, 6) is -3.54. The van der Waals surface area contributed by atoms with Gasteiger partial charge in [0.1, 0.15) is 11.3 Å². The van der Waals surface area contributed by atoms with Crippen molar-refractivity contribution in [3.8, 4) is 0 Å². The number of oxazole rings is 1. The van der Waals surface area contributed by atoms with Crippen molar-refractivity contribution in [3.63, 3.8) is 0 Å². The largest absolute Gasteiger partial charge is 0.477 e. The van der Waals surface area contributed by atoms with Crippen molar-refractivity contribution in [1.82, 2.24) is 24.5 Å². The van der Waals surface area contributed by atoms with Crippen molar-refractivity contribution in [2.75, 3.05) is 0 Å². The number of nitrogens with one attached hydrogen (secondary N) is 1. The first-order valence-electron chi connectivity index (χ1n) is 15.4. The molecule has 5 aromatic rings. The minimum Gasteiger partial charge on any atom is -0.477 e. The molecule has 1 amide bonds. The third-order valence-corrected chi connectivity index (χ3v) is 7.93. The maximum atomic E-state index is 14.0. The van der Waals surface area contributed by atoms with Crippen LogP contribution in [0.15, 0.2) is 51.8 Å². The minimum absolute atomic E-state index is 0. The Kier molecular flexibility index (Phi) is 10.6. The molecule has 4 N–H and O–H groups in total. The third-order valence-electron chi connectivity index (χ3n) is 7.93. The van der Waals surface area contributed by atoms with Gasteiger partial charge in [0.25, 0.3) is 5.91 Å². The van der Waals surface area contributed by atoms with Gasteiger partial charge in [0.2, 0.25) is 0 Å². The summed E-state index contributed by atoms with van der Waals surface area (Å²) in [5, 5.41) is 16.0. The summed E-state index contributed by atoms with van der Waals surface area (Å²) in [6.07, 6.45) is 2.11. The zero-order valence-electron chi connectivity index (χ0n) is 27.9. The molecule has 260 valence electrons. The van der Waals surface area contributed by atoms with Crippen LogP contribution in [0.2, 0.25) is 0 Å². The lowest BCUT2D eigenvalue weighted by molar-refractivity contribution is 0.00682. The molecule has 0 bridgehead atoms. The van der Waals surface area contributed by atoms with Crippen LogP contribution in [0.1, 0.15) is 107 Å². The number of nitrogens with two attached hydrogens (primary N) is 1. The van der Waals surface area contributed by atoms with E-state index in [0.717, 1.165) is 44.5 Å². The number of carbonyl (C=O) groups excluding carboxylic acids is 2. The molecular formula is C34H38ClFN6O7. The number of aromatic carboxylic acids is 1. The topological polar surface area (TPSA) is 184 Å². The lowest BCUT2D eigenvalue weighted by Crippen LogP contribution is -2.29. The number of amides is 1. The number of rotatable bonds is 6. The van der Waals surface area contributed by atoms with Crippen molar-refractivity contribution in [3.05, 3.63) is 98.2 Å². The maximum absolute atomic E-state index is 14.0. The highest BCUT2D eigenvalue weighted by molar-refractivity contribution is 5.96. The Morgan fingerprint density at radius 3 is 2.53 bits per heavy atom. The predicted molar refractivity (Wildman–Crippen MR) is 181 cm³/mol. The average Bonchev–Trinajstić information content (AvgIpc) is 3.70. The summed E-state index contributed by atoms with van der Waals surface area (Å²) >= 11 is 0. The van der Waals surface area contributed by atoms with Crippen molar-refractivity contribution in [1.29, 1.82) is 0 Å². The van der Waals surface area contributed by atoms with E-state index in [2.05, 4.69) is 15.4 Å². The summed E-state index contributed by atoms with van der Waals surface area (Å²) in [6.45, 7) is 11.6. The molecule has 0 radical (unpaired) electrons. The Morgan fingerprint density at radius 2 is 1.90 bits per heavy atom. The standard InChI is InChI=1S/C23H23FN4O5.C11H14N2O2.ClH/c1-11-12-7-8-16(14(12)6-5-13(11)22(32)33-23(2,3)4)27-20(29)18-9-17(21(30)31)26-19-15(24)10-25-28(18)19;1-7(2)13-9-5-8(6-12)3-4-10(9)15-11(13)14;/h5-6,9-10,16H,7-8H2,1-4H3,(H,27,29)(H,30,31);3-5,7H,6,12H2,1-2H3;1H/t16-;;/m0../s1. The van der Waals surface area contributed by atoms with Crippen molar-refractivity contribution in [2.45, 2.75) is 78.6 Å². The number of ether oxygens (including phenoxy) is 1. The Labute approximate surface area is 286 Å². The molecule has 3 heterocycles. The first-order chi connectivity index (χ1) is 22.6. The second kappa shape index (κ2) is 14.2. The SMILES string of the molecule is CC(C)n1c(=O)oc2ccc(CN)cc21.Cc1c(C(=O)OC(C)(C)C)ccc2c1CC[C@@H]2NC(=O)c1cc(C(=O)O)nc2c(F)cnn12.Cl. The number of aromatic nitrogens is 4. The smallest absolute Gasteiger partial charge is 0.420 e. The van der Waals surface area contributed by atoms with Crippen LogP contribution in [0.4, 0.5) is 4.39 Å². The second-order valence-electron chi connectivity index (χ2n) is 12.8. The maximum Gasteiger partial charge on any atom is 0.420 e. The van der Waals surface area contributed by atoms with Crippen LogP contribution in [0.3, 0.4) is 0 Å². The molecule has 1 aliphatic rings. The molecule has 13 nitrogen and oxygen atoms in total. The predicted octanol–water partition coefficient (Wildman–Crippen LogP) is 5.30. The van der Waals surface area contributed by atoms with E-state index in [1.807, 2.05) is 32.9 Å². The van der Waals surface area contributed by atoms with E-state index in [4.69, 9.17) is 14.9 Å². The number of benzene rings is 2. The van der Waals surface area contributed by atoms with Gasteiger partial charge in [0, 0.05) is 18.7 Å². The molecule has 49 heavy (non-hydrogen) atoms. The second-order valence-corrected chi connectivity index (χ2v) is 12.8. The van der Waals surface area contributed by atoms with Crippen LogP contribution >= 0.6 is 12.4 Å². The summed E-state index contributed by atoms with van der Waals surface area (Å²) in [4.78, 5) is 52.2. The number of halogens is 2. The van der Waals surface area contributed by atoms with Gasteiger partial charge in [-0.1, -0.05) is 12.1 Å². The lowest BCUT2D eigenvalue weighted by atomic mass is 9.97. The molecule has 1 aliphatic carbocycles. The van der Waals surface area contributed by atoms with Crippen LogP contribution in [-0.2, 0) is 17.7 Å². The number of hydrogen-bond acceptors (Lipinski definition) is 9. The first kappa shape index (κ1) is 36.8. The van der Waals surface area contributed by atoms with Crippen LogP contribution in [0.25, 0.3) is 16.7 Å². The van der Waals surface area contributed by atoms with E-state index >= 15 is 0 Å². The fourth-order valence-electron chi connectivity index (χ4n) is 5.72. The Balaban J connectivity index is 0.000000283. The van der Waals surface area contributed by atoms with Crippen molar-refractivity contribution < 1.29 is 33.0 Å². The van der Waals surface area contributed by atoms with Crippen LogP contribution in [0.5, 0.6) is 0 Å². The molecule has 3 aromatic heterocycles. The summed E-state index contributed by atoms with van der Waals surface area (Å²) < 4.78 is 27.2. The number of carboxylic acids is 1. The van der Waals surface area contributed by atoms with Gasteiger partial charge in [-0.25, -0.2) is 28.3 Å². The normalized spacial score (nSPS) is 13.9. The van der Waals surface area contributed by atoms with E-state index in [-0.39, 0.29) is 41.6 Å². The van der Waals surface area contributed by atoms with Crippen LogP contribution < -0.4 is 16.8 Å². The van der Waals surface area contributed by atoms with Crippen LogP contribution in [0, 0.1) is 12.7 Å². The average molecular weight is 697 g/mol. The highest BCUT2D eigenvalue weighted by Gasteiger charge is 2.30. The summed E-state index contributed by atoms with van der Waals surface area (Å²) in [7, 11) is 0. The third kappa shape index (κ3) is 7.50. The van der Waals surface area contributed by atoms with E-state index in [9.17, 15) is 28.7 Å². The molecule has 6 rings (SSSR count). The van der Waals surface area contributed by atoms with E-state index < -0.39 is 35.0 Å². The first-order valence-corrected chi connectivity index (χ1v) is 15.4.